The number of para-hydroxylation sites is 1. The van der Waals surface area contributed by atoms with E-state index in [0.717, 1.165) is 46.9 Å². The largest absolute Gasteiger partial charge is 0.494 e. The fourth-order valence-electron chi connectivity index (χ4n) is 5.18. The average molecular weight is 519 g/mol. The summed E-state index contributed by atoms with van der Waals surface area (Å²) in [6.07, 6.45) is 1.52. The Morgan fingerprint density at radius 2 is 1.79 bits per heavy atom. The number of amides is 1. The first kappa shape index (κ1) is 25.7. The fourth-order valence-corrected chi connectivity index (χ4v) is 5.18. The maximum absolute atomic E-state index is 13.2. The molecular formula is C30H34N2O6. The lowest BCUT2D eigenvalue weighted by Crippen LogP contribution is -2.43. The third kappa shape index (κ3) is 5.50. The fraction of sp³-hybridized carbons (Fsp3) is 0.367. The minimum Gasteiger partial charge on any atom is -0.494 e. The Morgan fingerprint density at radius 3 is 2.61 bits per heavy atom. The molecule has 0 spiro atoms. The zero-order valence-corrected chi connectivity index (χ0v) is 22.1. The first-order valence-electron chi connectivity index (χ1n) is 12.9. The topological polar surface area (TPSA) is 78.5 Å². The Kier molecular flexibility index (Phi) is 7.89. The van der Waals surface area contributed by atoms with Crippen LogP contribution < -0.4 is 29.0 Å². The Morgan fingerprint density at radius 1 is 1.00 bits per heavy atom. The minimum atomic E-state index is -0.0316. The van der Waals surface area contributed by atoms with E-state index < -0.39 is 0 Å². The number of hydrogen-bond acceptors (Lipinski definition) is 7. The van der Waals surface area contributed by atoms with Crippen LogP contribution in [0.1, 0.15) is 35.2 Å². The number of methoxy groups -OCH3 is 2. The summed E-state index contributed by atoms with van der Waals surface area (Å²) in [7, 11) is 3.29. The van der Waals surface area contributed by atoms with Crippen LogP contribution in [0.2, 0.25) is 0 Å². The van der Waals surface area contributed by atoms with Crippen molar-refractivity contribution in [3.05, 3.63) is 76.9 Å². The van der Waals surface area contributed by atoms with E-state index >= 15 is 0 Å². The van der Waals surface area contributed by atoms with Crippen LogP contribution in [0.4, 0.5) is 0 Å². The van der Waals surface area contributed by atoms with Gasteiger partial charge >= 0.3 is 0 Å². The van der Waals surface area contributed by atoms with Crippen LogP contribution in [-0.4, -0.2) is 51.5 Å². The van der Waals surface area contributed by atoms with E-state index in [1.165, 1.54) is 5.56 Å². The van der Waals surface area contributed by atoms with Crippen LogP contribution in [-0.2, 0) is 24.2 Å². The Bertz CT molecular complexity index is 1290. The van der Waals surface area contributed by atoms with Crippen molar-refractivity contribution in [2.75, 3.05) is 40.7 Å². The molecule has 2 aliphatic heterocycles. The molecule has 1 atom stereocenters. The maximum Gasteiger partial charge on any atom is 0.234 e. The number of ether oxygens (including phenoxy) is 5. The highest BCUT2D eigenvalue weighted by molar-refractivity contribution is 5.78. The number of fused-ring (bicyclic) bond motifs is 2. The third-order valence-corrected chi connectivity index (χ3v) is 7.07. The second-order valence-corrected chi connectivity index (χ2v) is 9.35. The van der Waals surface area contributed by atoms with Gasteiger partial charge in [0, 0.05) is 24.7 Å². The highest BCUT2D eigenvalue weighted by atomic mass is 16.7. The summed E-state index contributed by atoms with van der Waals surface area (Å²) in [5, 5.41) is 3.09. The van der Waals surface area contributed by atoms with E-state index in [9.17, 15) is 4.79 Å². The van der Waals surface area contributed by atoms with Gasteiger partial charge in [0.1, 0.15) is 5.75 Å². The standard InChI is InChI=1S/C30H34N2O6/c1-4-36-25-8-6-5-7-22(25)17-31-30(33)18-32-12-11-21-15-27(34-2)28(35-3)16-23(21)24(32)13-20-9-10-26-29(14-20)38-19-37-26/h5-10,14-16,24H,4,11-13,17-19H2,1-3H3,(H,31,33). The van der Waals surface area contributed by atoms with Crippen LogP contribution in [0.5, 0.6) is 28.7 Å². The smallest absolute Gasteiger partial charge is 0.234 e. The monoisotopic (exact) mass is 518 g/mol. The summed E-state index contributed by atoms with van der Waals surface area (Å²) in [6, 6.07) is 17.9. The minimum absolute atomic E-state index is 0.0274. The SMILES string of the molecule is CCOc1ccccc1CNC(=O)CN1CCc2cc(OC)c(OC)cc2C1Cc1ccc2c(c1)OCO2. The second kappa shape index (κ2) is 11.6. The highest BCUT2D eigenvalue weighted by Gasteiger charge is 2.31. The molecule has 0 bridgehead atoms. The summed E-state index contributed by atoms with van der Waals surface area (Å²) >= 11 is 0. The normalized spacial score (nSPS) is 16.0. The van der Waals surface area contributed by atoms with Gasteiger partial charge in [0.2, 0.25) is 12.7 Å². The van der Waals surface area contributed by atoms with E-state index in [0.29, 0.717) is 31.1 Å². The maximum atomic E-state index is 13.2. The lowest BCUT2D eigenvalue weighted by Gasteiger charge is -2.37. The number of carbonyl (C=O) groups is 1. The molecule has 5 rings (SSSR count). The number of nitrogens with one attached hydrogen (secondary N) is 1. The molecule has 0 radical (unpaired) electrons. The third-order valence-electron chi connectivity index (χ3n) is 7.07. The molecule has 1 amide bonds. The molecule has 0 saturated carbocycles. The van der Waals surface area contributed by atoms with Crippen LogP contribution in [0.3, 0.4) is 0 Å². The Hall–Kier alpha value is -3.91. The zero-order chi connectivity index (χ0) is 26.5. The van der Waals surface area contributed by atoms with Crippen molar-refractivity contribution in [3.8, 4) is 28.7 Å². The van der Waals surface area contributed by atoms with Crippen LogP contribution in [0.15, 0.2) is 54.6 Å². The lowest BCUT2D eigenvalue weighted by atomic mass is 9.88. The van der Waals surface area contributed by atoms with E-state index in [4.69, 9.17) is 23.7 Å². The highest BCUT2D eigenvalue weighted by Crippen LogP contribution is 2.40. The molecule has 38 heavy (non-hydrogen) atoms. The molecule has 3 aromatic rings. The molecule has 8 nitrogen and oxygen atoms in total. The summed E-state index contributed by atoms with van der Waals surface area (Å²) in [5.74, 6) is 3.67. The number of carbonyl (C=O) groups excluding carboxylic acids is 1. The molecule has 200 valence electrons. The van der Waals surface area contributed by atoms with E-state index in [1.807, 2.05) is 49.4 Å². The molecule has 1 N–H and O–H groups in total. The Balaban J connectivity index is 1.37. The van der Waals surface area contributed by atoms with Crippen molar-refractivity contribution >= 4 is 5.91 Å². The van der Waals surface area contributed by atoms with E-state index in [1.54, 1.807) is 14.2 Å². The van der Waals surface area contributed by atoms with Crippen molar-refractivity contribution < 1.29 is 28.5 Å². The van der Waals surface area contributed by atoms with Gasteiger partial charge in [0.15, 0.2) is 23.0 Å². The van der Waals surface area contributed by atoms with Crippen LogP contribution in [0.25, 0.3) is 0 Å². The first-order chi connectivity index (χ1) is 18.6. The van der Waals surface area contributed by atoms with Crippen molar-refractivity contribution in [1.82, 2.24) is 10.2 Å². The molecular weight excluding hydrogens is 484 g/mol. The lowest BCUT2D eigenvalue weighted by molar-refractivity contribution is -0.123. The Labute approximate surface area is 223 Å². The summed E-state index contributed by atoms with van der Waals surface area (Å²) in [4.78, 5) is 15.4. The van der Waals surface area contributed by atoms with Gasteiger partial charge in [-0.05, 0) is 66.8 Å². The van der Waals surface area contributed by atoms with Gasteiger partial charge in [-0.1, -0.05) is 24.3 Å². The summed E-state index contributed by atoms with van der Waals surface area (Å²) < 4.78 is 28.0. The van der Waals surface area contributed by atoms with Gasteiger partial charge in [-0.3, -0.25) is 9.69 Å². The molecule has 1 unspecified atom stereocenters. The molecule has 0 fully saturated rings. The van der Waals surface area contributed by atoms with Crippen molar-refractivity contribution in [1.29, 1.82) is 0 Å². The first-order valence-corrected chi connectivity index (χ1v) is 12.9. The molecule has 3 aromatic carbocycles. The van der Waals surface area contributed by atoms with E-state index in [2.05, 4.69) is 22.3 Å². The quantitative estimate of drug-likeness (QED) is 0.429. The summed E-state index contributed by atoms with van der Waals surface area (Å²) in [6.45, 7) is 4.21. The van der Waals surface area contributed by atoms with Gasteiger partial charge in [-0.15, -0.1) is 0 Å². The number of rotatable bonds is 10. The molecule has 0 aliphatic carbocycles. The molecule has 2 heterocycles. The van der Waals surface area contributed by atoms with Crippen LogP contribution >= 0.6 is 0 Å². The number of hydrogen-bond donors (Lipinski definition) is 1. The predicted octanol–water partition coefficient (Wildman–Crippen LogP) is 4.29. The summed E-state index contributed by atoms with van der Waals surface area (Å²) in [5.41, 5.74) is 4.41. The van der Waals surface area contributed by atoms with Gasteiger partial charge in [0.05, 0.1) is 27.4 Å². The molecule has 0 aromatic heterocycles. The van der Waals surface area contributed by atoms with Crippen molar-refractivity contribution in [2.45, 2.75) is 32.4 Å². The average Bonchev–Trinajstić information content (AvgIpc) is 3.41. The van der Waals surface area contributed by atoms with Crippen molar-refractivity contribution in [3.63, 3.8) is 0 Å². The second-order valence-electron chi connectivity index (χ2n) is 9.35. The van der Waals surface area contributed by atoms with Gasteiger partial charge in [-0.2, -0.15) is 0 Å². The molecule has 2 aliphatic rings. The van der Waals surface area contributed by atoms with Gasteiger partial charge in [-0.25, -0.2) is 0 Å². The van der Waals surface area contributed by atoms with E-state index in [-0.39, 0.29) is 25.3 Å². The van der Waals surface area contributed by atoms with Gasteiger partial charge < -0.3 is 29.0 Å². The predicted molar refractivity (Wildman–Crippen MR) is 143 cm³/mol. The van der Waals surface area contributed by atoms with Crippen LogP contribution in [0, 0.1) is 0 Å². The zero-order valence-electron chi connectivity index (χ0n) is 22.1. The molecule has 8 heteroatoms. The molecule has 0 saturated heterocycles. The van der Waals surface area contributed by atoms with Gasteiger partial charge in [0.25, 0.3) is 0 Å². The van der Waals surface area contributed by atoms with Crippen molar-refractivity contribution in [2.24, 2.45) is 0 Å². The number of nitrogens with zero attached hydrogens (tertiary/aromatic N) is 1. The number of benzene rings is 3.